The topological polar surface area (TPSA) is 99.5 Å². The molecule has 2 rings (SSSR count). The van der Waals surface area contributed by atoms with Gasteiger partial charge in [-0.25, -0.2) is 4.79 Å². The van der Waals surface area contributed by atoms with Gasteiger partial charge in [0.1, 0.15) is 6.54 Å². The van der Waals surface area contributed by atoms with Crippen molar-refractivity contribution in [2.75, 3.05) is 23.9 Å². The van der Waals surface area contributed by atoms with Crippen molar-refractivity contribution in [1.82, 2.24) is 0 Å². The first kappa shape index (κ1) is 19.9. The number of carbonyl (C=O) groups excluding carboxylic acids is 3. The molecule has 27 heavy (non-hydrogen) atoms. The minimum atomic E-state index is -0.565. The van der Waals surface area contributed by atoms with E-state index in [0.29, 0.717) is 11.3 Å². The molecule has 0 unspecified atom stereocenters. The van der Waals surface area contributed by atoms with Gasteiger partial charge in [-0.15, -0.1) is 0 Å². The first-order chi connectivity index (χ1) is 12.8. The summed E-state index contributed by atoms with van der Waals surface area (Å²) in [5.74, 6) is -1.41. The highest BCUT2D eigenvalue weighted by atomic mass is 35.5. The van der Waals surface area contributed by atoms with Crippen LogP contribution in [0.15, 0.2) is 42.5 Å². The molecule has 0 aliphatic heterocycles. The third-order valence-corrected chi connectivity index (χ3v) is 3.98. The standard InChI is InChI=1S/C19H16ClN3O4/c1-12(24)23(15-6-3-13(10-21)4-7-15)11-18(25)22-17-9-14(19(26)27-2)5-8-16(17)20/h3-9H,11H2,1-2H3,(H,22,25). The maximum Gasteiger partial charge on any atom is 0.337 e. The van der Waals surface area contributed by atoms with Crippen molar-refractivity contribution in [3.8, 4) is 6.07 Å². The predicted octanol–water partition coefficient (Wildman–Crippen LogP) is 2.99. The van der Waals surface area contributed by atoms with E-state index in [2.05, 4.69) is 10.1 Å². The van der Waals surface area contributed by atoms with E-state index in [1.54, 1.807) is 24.3 Å². The van der Waals surface area contributed by atoms with Crippen molar-refractivity contribution in [2.45, 2.75) is 6.92 Å². The van der Waals surface area contributed by atoms with Crippen LogP contribution in [-0.4, -0.2) is 31.4 Å². The molecule has 0 heterocycles. The number of esters is 1. The molecule has 0 aliphatic rings. The first-order valence-corrected chi connectivity index (χ1v) is 8.19. The number of anilines is 2. The normalized spacial score (nSPS) is 9.85. The molecule has 0 bridgehead atoms. The van der Waals surface area contributed by atoms with Crippen LogP contribution in [0.1, 0.15) is 22.8 Å². The van der Waals surface area contributed by atoms with Crippen LogP contribution < -0.4 is 10.2 Å². The van der Waals surface area contributed by atoms with Crippen molar-refractivity contribution in [2.24, 2.45) is 0 Å². The second-order valence-corrected chi connectivity index (χ2v) is 5.91. The van der Waals surface area contributed by atoms with Crippen LogP contribution in [-0.2, 0) is 14.3 Å². The summed E-state index contributed by atoms with van der Waals surface area (Å²) in [6, 6.07) is 12.6. The lowest BCUT2D eigenvalue weighted by atomic mass is 10.2. The van der Waals surface area contributed by atoms with Crippen molar-refractivity contribution in [3.05, 3.63) is 58.6 Å². The molecular formula is C19H16ClN3O4. The summed E-state index contributed by atoms with van der Waals surface area (Å²) in [7, 11) is 1.25. The van der Waals surface area contributed by atoms with E-state index in [-0.39, 0.29) is 28.7 Å². The molecule has 0 atom stereocenters. The van der Waals surface area contributed by atoms with E-state index >= 15 is 0 Å². The number of halogens is 1. The number of rotatable bonds is 5. The Labute approximate surface area is 161 Å². The van der Waals surface area contributed by atoms with Crippen LogP contribution in [0.2, 0.25) is 5.02 Å². The van der Waals surface area contributed by atoms with Crippen molar-refractivity contribution >= 4 is 40.8 Å². The van der Waals surface area contributed by atoms with Gasteiger partial charge in [0.15, 0.2) is 0 Å². The zero-order chi connectivity index (χ0) is 20.0. The van der Waals surface area contributed by atoms with Gasteiger partial charge in [0.2, 0.25) is 11.8 Å². The number of nitriles is 1. The summed E-state index contributed by atoms with van der Waals surface area (Å²) in [6.07, 6.45) is 0. The number of nitrogens with zero attached hydrogens (tertiary/aromatic N) is 2. The zero-order valence-corrected chi connectivity index (χ0v) is 15.4. The molecule has 0 radical (unpaired) electrons. The second-order valence-electron chi connectivity index (χ2n) is 5.50. The number of methoxy groups -OCH3 is 1. The van der Waals surface area contributed by atoms with Gasteiger partial charge in [0, 0.05) is 12.6 Å². The number of ether oxygens (including phenoxy) is 1. The van der Waals surface area contributed by atoms with E-state index < -0.39 is 11.9 Å². The number of nitrogens with one attached hydrogen (secondary N) is 1. The quantitative estimate of drug-likeness (QED) is 0.797. The molecule has 7 nitrogen and oxygen atoms in total. The average molecular weight is 386 g/mol. The van der Waals surface area contributed by atoms with Gasteiger partial charge in [0.05, 0.1) is 35.0 Å². The van der Waals surface area contributed by atoms with Crippen LogP contribution in [0.25, 0.3) is 0 Å². The molecule has 0 spiro atoms. The van der Waals surface area contributed by atoms with Crippen LogP contribution in [0, 0.1) is 11.3 Å². The fraction of sp³-hybridized carbons (Fsp3) is 0.158. The average Bonchev–Trinajstić information content (AvgIpc) is 2.67. The van der Waals surface area contributed by atoms with Crippen molar-refractivity contribution in [1.29, 1.82) is 5.26 Å². The summed E-state index contributed by atoms with van der Waals surface area (Å²) in [5.41, 5.74) is 1.38. The number of hydrogen-bond donors (Lipinski definition) is 1. The fourth-order valence-electron chi connectivity index (χ4n) is 2.30. The minimum absolute atomic E-state index is 0.229. The van der Waals surface area contributed by atoms with Crippen molar-refractivity contribution in [3.63, 3.8) is 0 Å². The summed E-state index contributed by atoms with van der Waals surface area (Å²) < 4.78 is 4.64. The lowest BCUT2D eigenvalue weighted by Crippen LogP contribution is -2.36. The Kier molecular flexibility index (Phi) is 6.52. The third-order valence-electron chi connectivity index (χ3n) is 3.65. The largest absolute Gasteiger partial charge is 0.465 e. The molecular weight excluding hydrogens is 370 g/mol. The number of amides is 2. The highest BCUT2D eigenvalue weighted by molar-refractivity contribution is 6.34. The van der Waals surface area contributed by atoms with E-state index in [4.69, 9.17) is 16.9 Å². The molecule has 0 saturated carbocycles. The Bertz CT molecular complexity index is 920. The third kappa shape index (κ3) is 5.06. The van der Waals surface area contributed by atoms with Gasteiger partial charge in [-0.05, 0) is 42.5 Å². The van der Waals surface area contributed by atoms with E-state index in [0.717, 1.165) is 0 Å². The summed E-state index contributed by atoms with van der Waals surface area (Å²) in [6.45, 7) is 1.07. The Balaban J connectivity index is 2.18. The Hall–Kier alpha value is -3.37. The summed E-state index contributed by atoms with van der Waals surface area (Å²) in [4.78, 5) is 37.2. The smallest absolute Gasteiger partial charge is 0.337 e. The van der Waals surface area contributed by atoms with Gasteiger partial charge in [0.25, 0.3) is 0 Å². The van der Waals surface area contributed by atoms with Gasteiger partial charge < -0.3 is 15.0 Å². The molecule has 8 heteroatoms. The lowest BCUT2D eigenvalue weighted by Gasteiger charge is -2.21. The minimum Gasteiger partial charge on any atom is -0.465 e. The molecule has 0 saturated heterocycles. The molecule has 2 aromatic rings. The highest BCUT2D eigenvalue weighted by Crippen LogP contribution is 2.24. The van der Waals surface area contributed by atoms with Gasteiger partial charge in [-0.3, -0.25) is 9.59 Å². The monoisotopic (exact) mass is 385 g/mol. The van der Waals surface area contributed by atoms with E-state index in [9.17, 15) is 14.4 Å². The maximum absolute atomic E-state index is 12.4. The van der Waals surface area contributed by atoms with Crippen LogP contribution in [0.5, 0.6) is 0 Å². The van der Waals surface area contributed by atoms with E-state index in [1.165, 1.54) is 37.1 Å². The number of carbonyl (C=O) groups is 3. The molecule has 0 aromatic heterocycles. The highest BCUT2D eigenvalue weighted by Gasteiger charge is 2.17. The van der Waals surface area contributed by atoms with Crippen LogP contribution in [0.3, 0.4) is 0 Å². The van der Waals surface area contributed by atoms with E-state index in [1.807, 2.05) is 6.07 Å². The van der Waals surface area contributed by atoms with Gasteiger partial charge in [-0.1, -0.05) is 11.6 Å². The number of hydrogen-bond acceptors (Lipinski definition) is 5. The molecule has 0 fully saturated rings. The molecule has 1 N–H and O–H groups in total. The number of benzene rings is 2. The van der Waals surface area contributed by atoms with Crippen molar-refractivity contribution < 1.29 is 19.1 Å². The first-order valence-electron chi connectivity index (χ1n) is 7.81. The summed E-state index contributed by atoms with van der Waals surface area (Å²) in [5, 5.41) is 11.7. The van der Waals surface area contributed by atoms with Crippen LogP contribution in [0.4, 0.5) is 11.4 Å². The fourth-order valence-corrected chi connectivity index (χ4v) is 2.46. The Morgan fingerprint density at radius 2 is 1.85 bits per heavy atom. The predicted molar refractivity (Wildman–Crippen MR) is 101 cm³/mol. The summed E-state index contributed by atoms with van der Waals surface area (Å²) >= 11 is 6.06. The molecule has 0 aliphatic carbocycles. The lowest BCUT2D eigenvalue weighted by molar-refractivity contribution is -0.120. The van der Waals surface area contributed by atoms with Crippen LogP contribution >= 0.6 is 11.6 Å². The van der Waals surface area contributed by atoms with Gasteiger partial charge in [-0.2, -0.15) is 5.26 Å². The van der Waals surface area contributed by atoms with Gasteiger partial charge >= 0.3 is 5.97 Å². The molecule has 2 amide bonds. The maximum atomic E-state index is 12.4. The Morgan fingerprint density at radius 3 is 2.41 bits per heavy atom. The molecule has 138 valence electrons. The second kappa shape index (κ2) is 8.83. The zero-order valence-electron chi connectivity index (χ0n) is 14.7. The Morgan fingerprint density at radius 1 is 1.19 bits per heavy atom. The molecule has 2 aromatic carbocycles. The SMILES string of the molecule is COC(=O)c1ccc(Cl)c(NC(=O)CN(C(C)=O)c2ccc(C#N)cc2)c1.